The molecule has 4 aliphatic heterocycles. The fourth-order valence-corrected chi connectivity index (χ4v) is 10.3. The molecule has 67 heavy (non-hydrogen) atoms. The molecule has 8 rings (SSSR count). The summed E-state index contributed by atoms with van der Waals surface area (Å²) in [5.74, 6) is -3.29. The molecule has 3 fully saturated rings. The molecule has 3 saturated heterocycles. The molecule has 0 saturated carbocycles. The van der Waals surface area contributed by atoms with Crippen LogP contribution in [-0.2, 0) is 48.1 Å². The lowest BCUT2D eigenvalue weighted by Gasteiger charge is -2.37. The van der Waals surface area contributed by atoms with Gasteiger partial charge in [-0.1, -0.05) is 53.7 Å². The van der Waals surface area contributed by atoms with Crippen LogP contribution in [0.2, 0.25) is 0 Å². The van der Waals surface area contributed by atoms with Crippen molar-refractivity contribution >= 4 is 40.5 Å². The Kier molecular flexibility index (Phi) is 13.3. The van der Waals surface area contributed by atoms with E-state index in [0.29, 0.717) is 43.5 Å². The first-order valence-corrected chi connectivity index (χ1v) is 23.8. The number of carbonyl (C=O) groups is 5. The van der Waals surface area contributed by atoms with Gasteiger partial charge < -0.3 is 34.8 Å². The second-order valence-electron chi connectivity index (χ2n) is 20.4. The number of nitrogens with one attached hydrogen (secondary N) is 3. The number of fused-ring (bicyclic) bond motifs is 6. The lowest BCUT2D eigenvalue weighted by atomic mass is 9.83. The van der Waals surface area contributed by atoms with Gasteiger partial charge in [0.1, 0.15) is 23.9 Å². The van der Waals surface area contributed by atoms with Gasteiger partial charge in [0.25, 0.3) is 11.8 Å². The number of cyclic esters (lactones) is 1. The van der Waals surface area contributed by atoms with Gasteiger partial charge in [-0.05, 0) is 96.7 Å². The molecular formula is C51H65FN8O7. The maximum absolute atomic E-state index is 16.5. The molecule has 15 nitrogen and oxygen atoms in total. The zero-order valence-electron chi connectivity index (χ0n) is 39.9. The number of carbonyl (C=O) groups excluding carboxylic acids is 5. The number of esters is 1. The Morgan fingerprint density at radius 3 is 2.52 bits per heavy atom. The van der Waals surface area contributed by atoms with Crippen molar-refractivity contribution in [1.29, 1.82) is 0 Å². The summed E-state index contributed by atoms with van der Waals surface area (Å²) in [5, 5.41) is 19.5. The Labute approximate surface area is 391 Å². The number of phenols is 1. The van der Waals surface area contributed by atoms with Crippen molar-refractivity contribution < 1.29 is 38.2 Å². The standard InChI is InChI=1S/C51H65FN8O7/c1-9-59-41-15-14-32-24-36(41)37(44(59)35-12-10-17-53-42(35)29(2)3)25-50(6,7)28-67-48(65)38-13-11-18-60(56-38)47(64)39(22-31-20-33(32)23-34(61)21-31)55-45(62)43(30(4)5)57(8)49(66)51(52)16-19-58(27-51)46(63)40-26-54-40/h10,12,14-15,17,20-21,23-24,29-30,38-40,43,54,56,61H,9,11,13,16,18-19,22,25-28H2,1-8H3,(H,55,62)/t38-,39-,40+,43-,51+/m0/s1. The van der Waals surface area contributed by atoms with Gasteiger partial charge in [-0.25, -0.2) is 9.82 Å². The van der Waals surface area contributed by atoms with Gasteiger partial charge in [0.05, 0.1) is 30.6 Å². The number of aromatic hydroxyl groups is 1. The van der Waals surface area contributed by atoms with E-state index in [1.807, 2.05) is 24.4 Å². The molecule has 16 heteroatoms. The van der Waals surface area contributed by atoms with Crippen LogP contribution in [0.15, 0.2) is 54.7 Å². The van der Waals surface area contributed by atoms with E-state index in [2.05, 4.69) is 73.4 Å². The number of halogens is 1. The van der Waals surface area contributed by atoms with Crippen molar-refractivity contribution in [1.82, 2.24) is 40.4 Å². The molecule has 0 radical (unpaired) electrons. The molecule has 6 heterocycles. The maximum atomic E-state index is 16.5. The summed E-state index contributed by atoms with van der Waals surface area (Å²) in [7, 11) is 1.37. The second kappa shape index (κ2) is 18.7. The van der Waals surface area contributed by atoms with Crippen molar-refractivity contribution in [3.05, 3.63) is 71.5 Å². The van der Waals surface area contributed by atoms with Gasteiger partial charge >= 0.3 is 5.97 Å². The molecule has 4 amide bonds. The monoisotopic (exact) mass is 920 g/mol. The summed E-state index contributed by atoms with van der Waals surface area (Å²) in [6.45, 7) is 15.2. The molecule has 4 aromatic rings. The predicted molar refractivity (Wildman–Crippen MR) is 252 cm³/mol. The number of likely N-dealkylation sites (tertiary alicyclic amines) is 1. The third kappa shape index (κ3) is 9.65. The number of aromatic nitrogens is 2. The first kappa shape index (κ1) is 47.6. The Bertz CT molecular complexity index is 2590. The van der Waals surface area contributed by atoms with E-state index in [-0.39, 0.29) is 56.2 Å². The molecule has 6 bridgehead atoms. The largest absolute Gasteiger partial charge is 0.508 e. The summed E-state index contributed by atoms with van der Waals surface area (Å²) in [6.07, 6.45) is 3.00. The number of rotatable bonds is 9. The van der Waals surface area contributed by atoms with Crippen LogP contribution in [-0.4, -0.2) is 129 Å². The van der Waals surface area contributed by atoms with Crippen LogP contribution >= 0.6 is 0 Å². The number of ether oxygens (including phenoxy) is 1. The van der Waals surface area contributed by atoms with E-state index in [9.17, 15) is 29.1 Å². The van der Waals surface area contributed by atoms with Crippen LogP contribution < -0.4 is 16.1 Å². The quantitative estimate of drug-likeness (QED) is 0.127. The van der Waals surface area contributed by atoms with E-state index >= 15 is 4.39 Å². The minimum absolute atomic E-state index is 0.0382. The number of nitrogens with zero attached hydrogens (tertiary/aromatic N) is 5. The van der Waals surface area contributed by atoms with Gasteiger partial charge in [0, 0.05) is 74.1 Å². The summed E-state index contributed by atoms with van der Waals surface area (Å²) < 4.78 is 24.9. The topological polar surface area (TPSA) is 188 Å². The number of likely N-dealkylation sites (N-methyl/N-ethyl adjacent to an activating group) is 1. The van der Waals surface area contributed by atoms with Crippen LogP contribution in [0, 0.1) is 11.3 Å². The zero-order valence-corrected chi connectivity index (χ0v) is 39.9. The molecule has 358 valence electrons. The first-order valence-electron chi connectivity index (χ1n) is 23.8. The first-order chi connectivity index (χ1) is 31.8. The van der Waals surface area contributed by atoms with Crippen LogP contribution in [0.1, 0.15) is 90.5 Å². The van der Waals surface area contributed by atoms with E-state index in [1.54, 1.807) is 26.0 Å². The summed E-state index contributed by atoms with van der Waals surface area (Å²) in [6, 6.07) is 11.8. The summed E-state index contributed by atoms with van der Waals surface area (Å²) in [5.41, 5.74) is 7.40. The van der Waals surface area contributed by atoms with E-state index < -0.39 is 65.4 Å². The highest BCUT2D eigenvalue weighted by Crippen LogP contribution is 2.42. The SMILES string of the molecule is CCn1c(-c2cccnc2C(C)C)c2c3cc(ccc31)-c1cc(O)cc(c1)C[C@H](NC(=O)[C@H](C(C)C)N(C)C(=O)[C@@]1(F)CCN(C(=O)[C@H]3CN3)C1)C(=O)N1CCC[C@H](N1)C(=O)OCC(C)(C)C2. The fourth-order valence-electron chi connectivity index (χ4n) is 10.3. The third-order valence-electron chi connectivity index (χ3n) is 13.7. The molecule has 5 atom stereocenters. The van der Waals surface area contributed by atoms with Gasteiger partial charge in [-0.3, -0.25) is 34.0 Å². The number of amides is 4. The van der Waals surface area contributed by atoms with Crippen LogP contribution in [0.4, 0.5) is 4.39 Å². The smallest absolute Gasteiger partial charge is 0.324 e. The molecule has 0 aliphatic carbocycles. The van der Waals surface area contributed by atoms with Crippen molar-refractivity contribution in [2.45, 2.75) is 123 Å². The molecule has 4 aliphatic rings. The lowest BCUT2D eigenvalue weighted by molar-refractivity contribution is -0.155. The molecule has 2 aromatic carbocycles. The number of pyridine rings is 1. The summed E-state index contributed by atoms with van der Waals surface area (Å²) >= 11 is 0. The molecule has 4 N–H and O–H groups in total. The second-order valence-corrected chi connectivity index (χ2v) is 20.4. The Balaban J connectivity index is 1.18. The lowest BCUT2D eigenvalue weighted by Crippen LogP contribution is -2.62. The van der Waals surface area contributed by atoms with E-state index in [1.165, 1.54) is 17.0 Å². The van der Waals surface area contributed by atoms with Gasteiger partial charge in [-0.15, -0.1) is 0 Å². The molecule has 2 aromatic heterocycles. The van der Waals surface area contributed by atoms with Gasteiger partial charge in [0.15, 0.2) is 0 Å². The zero-order chi connectivity index (χ0) is 48.1. The van der Waals surface area contributed by atoms with Crippen LogP contribution in [0.25, 0.3) is 33.3 Å². The Morgan fingerprint density at radius 1 is 1.06 bits per heavy atom. The minimum atomic E-state index is -2.39. The van der Waals surface area contributed by atoms with Crippen molar-refractivity contribution in [2.75, 3.05) is 39.8 Å². The normalized spacial score (nSPS) is 23.5. The molecule has 0 unspecified atom stereocenters. The number of alkyl halides is 1. The number of phenolic OH excluding ortho intramolecular Hbond substituents is 1. The molecular weight excluding hydrogens is 856 g/mol. The number of benzene rings is 2. The highest BCUT2D eigenvalue weighted by molar-refractivity contribution is 5.97. The predicted octanol–water partition coefficient (Wildman–Crippen LogP) is 5.26. The molecule has 0 spiro atoms. The Hall–Kier alpha value is -5.87. The highest BCUT2D eigenvalue weighted by Gasteiger charge is 2.51. The van der Waals surface area contributed by atoms with Gasteiger partial charge in [-0.2, -0.15) is 0 Å². The fraction of sp³-hybridized carbons (Fsp3) is 0.529. The third-order valence-corrected chi connectivity index (χ3v) is 13.7. The maximum Gasteiger partial charge on any atom is 0.324 e. The highest BCUT2D eigenvalue weighted by atomic mass is 19.1. The van der Waals surface area contributed by atoms with Crippen molar-refractivity contribution in [3.63, 3.8) is 0 Å². The van der Waals surface area contributed by atoms with Crippen LogP contribution in [0.5, 0.6) is 5.75 Å². The number of hydrogen-bond acceptors (Lipinski definition) is 10. The van der Waals surface area contributed by atoms with E-state index in [0.717, 1.165) is 43.9 Å². The van der Waals surface area contributed by atoms with Crippen LogP contribution in [0.3, 0.4) is 0 Å². The number of hydrazine groups is 1. The van der Waals surface area contributed by atoms with E-state index in [4.69, 9.17) is 9.72 Å². The summed E-state index contributed by atoms with van der Waals surface area (Å²) in [4.78, 5) is 77.1. The number of aryl methyl sites for hydroxylation is 1. The van der Waals surface area contributed by atoms with Crippen molar-refractivity contribution in [2.24, 2.45) is 11.3 Å². The Morgan fingerprint density at radius 2 is 1.82 bits per heavy atom. The minimum Gasteiger partial charge on any atom is -0.508 e. The average molecular weight is 921 g/mol. The van der Waals surface area contributed by atoms with Crippen molar-refractivity contribution in [3.8, 4) is 28.1 Å². The van der Waals surface area contributed by atoms with Gasteiger partial charge in [0.2, 0.25) is 17.5 Å². The average Bonchev–Trinajstić information content (AvgIpc) is 4.01. The number of hydrogen-bond donors (Lipinski definition) is 4.